The van der Waals surface area contributed by atoms with Crippen molar-refractivity contribution in [2.45, 2.75) is 12.7 Å². The molecule has 0 saturated heterocycles. The molecule has 9 heavy (non-hydrogen) atoms. The van der Waals surface area contributed by atoms with E-state index in [-0.39, 0.29) is 0 Å². The van der Waals surface area contributed by atoms with Crippen molar-refractivity contribution in [1.82, 2.24) is 10.1 Å². The van der Waals surface area contributed by atoms with Crippen molar-refractivity contribution in [2.75, 3.05) is 5.75 Å². The van der Waals surface area contributed by atoms with Gasteiger partial charge in [-0.05, 0) is 5.75 Å². The summed E-state index contributed by atoms with van der Waals surface area (Å²) < 4.78 is 4.41. The summed E-state index contributed by atoms with van der Waals surface area (Å²) in [6, 6.07) is 0. The van der Waals surface area contributed by atoms with E-state index in [2.05, 4.69) is 28.0 Å². The minimum atomic E-state index is 0.724. The highest BCUT2D eigenvalue weighted by molar-refractivity contribution is 7.98. The highest BCUT2D eigenvalue weighted by atomic mass is 32.2. The summed E-state index contributed by atoms with van der Waals surface area (Å²) in [6.07, 6.45) is 2.29. The molecule has 0 atom stereocenters. The molecule has 0 aliphatic heterocycles. The molecule has 0 amide bonds. The summed E-state index contributed by atoms with van der Waals surface area (Å²) in [7, 11) is 0. The molecule has 0 aliphatic carbocycles. The van der Waals surface area contributed by atoms with E-state index < -0.39 is 0 Å². The predicted molar refractivity (Wildman–Crippen MR) is 35.0 cm³/mol. The molecule has 0 aromatic carbocycles. The normalized spacial score (nSPS) is 9.89. The van der Waals surface area contributed by atoms with Crippen LogP contribution in [0.1, 0.15) is 12.7 Å². The van der Waals surface area contributed by atoms with Crippen LogP contribution in [0.5, 0.6) is 0 Å². The van der Waals surface area contributed by atoms with E-state index in [1.165, 1.54) is 0 Å². The lowest BCUT2D eigenvalue weighted by Gasteiger charge is -1.87. The Hall–Kier alpha value is -0.510. The highest BCUT2D eigenvalue weighted by Gasteiger charge is 1.95. The zero-order valence-corrected chi connectivity index (χ0v) is 5.94. The zero-order chi connectivity index (χ0) is 6.53. The highest BCUT2D eigenvalue weighted by Crippen LogP contribution is 2.05. The van der Waals surface area contributed by atoms with Crippen molar-refractivity contribution >= 4 is 11.8 Å². The van der Waals surface area contributed by atoms with E-state index in [1.54, 1.807) is 11.8 Å². The van der Waals surface area contributed by atoms with Crippen LogP contribution in [0.3, 0.4) is 0 Å². The lowest BCUT2D eigenvalue weighted by molar-refractivity contribution is 0.405. The molecule has 0 unspecified atom stereocenters. The van der Waals surface area contributed by atoms with Gasteiger partial charge in [0.05, 0.1) is 5.75 Å². The Morgan fingerprint density at radius 1 is 1.78 bits per heavy atom. The molecule has 1 aromatic heterocycles. The molecule has 1 radical (unpaired) electrons. The van der Waals surface area contributed by atoms with Crippen molar-refractivity contribution in [2.24, 2.45) is 0 Å². The van der Waals surface area contributed by atoms with E-state index in [4.69, 9.17) is 0 Å². The van der Waals surface area contributed by atoms with Crippen LogP contribution in [0.25, 0.3) is 0 Å². The van der Waals surface area contributed by atoms with Gasteiger partial charge in [-0.15, -0.1) is 0 Å². The standard InChI is InChI=1S/C5H7N2OS/c1-2-9-3-5-6-4-8-7-5/h2-3H2,1H3. The first kappa shape index (κ1) is 6.61. The molecular formula is C5H7N2OS. The molecule has 0 N–H and O–H groups in total. The fourth-order valence-electron chi connectivity index (χ4n) is 0.419. The second-order valence-corrected chi connectivity index (χ2v) is 2.71. The smallest absolute Gasteiger partial charge is 0.316 e. The van der Waals surface area contributed by atoms with Gasteiger partial charge in [0.25, 0.3) is 0 Å². The van der Waals surface area contributed by atoms with Crippen molar-refractivity contribution < 1.29 is 4.52 Å². The first-order valence-electron chi connectivity index (χ1n) is 2.70. The van der Waals surface area contributed by atoms with Crippen LogP contribution < -0.4 is 0 Å². The van der Waals surface area contributed by atoms with Gasteiger partial charge < -0.3 is 4.52 Å². The maximum absolute atomic E-state index is 4.41. The Balaban J connectivity index is 2.30. The minimum absolute atomic E-state index is 0.724. The van der Waals surface area contributed by atoms with E-state index in [1.807, 2.05) is 0 Å². The van der Waals surface area contributed by atoms with E-state index in [0.717, 1.165) is 17.3 Å². The Kier molecular flexibility index (Phi) is 2.57. The molecule has 1 aromatic rings. The largest absolute Gasteiger partial charge is 0.329 e. The van der Waals surface area contributed by atoms with Crippen LogP contribution in [0.4, 0.5) is 0 Å². The van der Waals surface area contributed by atoms with Gasteiger partial charge in [0.15, 0.2) is 5.82 Å². The first-order chi connectivity index (χ1) is 4.43. The van der Waals surface area contributed by atoms with E-state index in [0.29, 0.717) is 0 Å². The van der Waals surface area contributed by atoms with Gasteiger partial charge in [0.2, 0.25) is 0 Å². The molecular weight excluding hydrogens is 136 g/mol. The molecule has 4 heteroatoms. The number of rotatable bonds is 3. The van der Waals surface area contributed by atoms with Crippen LogP contribution in [-0.4, -0.2) is 15.9 Å². The van der Waals surface area contributed by atoms with Crippen LogP contribution in [0, 0.1) is 6.39 Å². The molecule has 49 valence electrons. The molecule has 0 bridgehead atoms. The van der Waals surface area contributed by atoms with Gasteiger partial charge in [-0.1, -0.05) is 12.1 Å². The molecule has 0 aliphatic rings. The van der Waals surface area contributed by atoms with Crippen molar-refractivity contribution in [1.29, 1.82) is 0 Å². The Morgan fingerprint density at radius 2 is 2.67 bits per heavy atom. The SMILES string of the molecule is CCSCc1n[c]on1. The fraction of sp³-hybridized carbons (Fsp3) is 0.600. The molecule has 1 heterocycles. The van der Waals surface area contributed by atoms with Gasteiger partial charge in [0.1, 0.15) is 0 Å². The first-order valence-corrected chi connectivity index (χ1v) is 3.85. The minimum Gasteiger partial charge on any atom is -0.329 e. The topological polar surface area (TPSA) is 38.9 Å². The third kappa shape index (κ3) is 2.05. The Morgan fingerprint density at radius 3 is 3.22 bits per heavy atom. The number of thioether (sulfide) groups is 1. The van der Waals surface area contributed by atoms with E-state index >= 15 is 0 Å². The molecule has 0 spiro atoms. The van der Waals surface area contributed by atoms with Crippen LogP contribution in [-0.2, 0) is 5.75 Å². The van der Waals surface area contributed by atoms with Gasteiger partial charge in [0, 0.05) is 0 Å². The van der Waals surface area contributed by atoms with Gasteiger partial charge in [-0.2, -0.15) is 16.7 Å². The maximum atomic E-state index is 4.41. The monoisotopic (exact) mass is 143 g/mol. The lowest BCUT2D eigenvalue weighted by Crippen LogP contribution is -1.82. The maximum Gasteiger partial charge on any atom is 0.316 e. The summed E-state index contributed by atoms with van der Waals surface area (Å²) in [6.45, 7) is 2.09. The number of nitrogens with zero attached hydrogens (tertiary/aromatic N) is 2. The lowest BCUT2D eigenvalue weighted by atomic mass is 10.7. The Bertz CT molecular complexity index is 152. The third-order valence-corrected chi connectivity index (χ3v) is 1.67. The van der Waals surface area contributed by atoms with Crippen molar-refractivity contribution in [3.8, 4) is 0 Å². The fourth-order valence-corrected chi connectivity index (χ4v) is 0.923. The quantitative estimate of drug-likeness (QED) is 0.635. The van der Waals surface area contributed by atoms with Gasteiger partial charge in [-0.25, -0.2) is 0 Å². The third-order valence-electron chi connectivity index (χ3n) is 0.802. The molecule has 3 nitrogen and oxygen atoms in total. The summed E-state index contributed by atoms with van der Waals surface area (Å²) in [5.41, 5.74) is 0. The van der Waals surface area contributed by atoms with E-state index in [9.17, 15) is 0 Å². The number of aromatic nitrogens is 2. The second kappa shape index (κ2) is 3.50. The van der Waals surface area contributed by atoms with Crippen LogP contribution in [0.2, 0.25) is 0 Å². The molecule has 1 rings (SSSR count). The number of hydrogen-bond acceptors (Lipinski definition) is 4. The summed E-state index contributed by atoms with van der Waals surface area (Å²) in [4.78, 5) is 3.73. The zero-order valence-electron chi connectivity index (χ0n) is 5.13. The molecule has 0 saturated carbocycles. The van der Waals surface area contributed by atoms with Gasteiger partial charge >= 0.3 is 6.39 Å². The average Bonchev–Trinajstić information content (AvgIpc) is 2.34. The summed E-state index contributed by atoms with van der Waals surface area (Å²) in [5.74, 6) is 2.62. The van der Waals surface area contributed by atoms with Crippen molar-refractivity contribution in [3.05, 3.63) is 12.2 Å². The number of hydrogen-bond donors (Lipinski definition) is 0. The molecule has 0 fully saturated rings. The van der Waals surface area contributed by atoms with Gasteiger partial charge in [-0.3, -0.25) is 0 Å². The van der Waals surface area contributed by atoms with Crippen molar-refractivity contribution in [3.63, 3.8) is 0 Å². The Labute approximate surface area is 57.8 Å². The predicted octanol–water partition coefficient (Wildman–Crippen LogP) is 1.12. The second-order valence-electron chi connectivity index (χ2n) is 1.44. The average molecular weight is 143 g/mol. The summed E-state index contributed by atoms with van der Waals surface area (Å²) in [5, 5.41) is 3.59. The summed E-state index contributed by atoms with van der Waals surface area (Å²) >= 11 is 1.76. The van der Waals surface area contributed by atoms with Crippen LogP contribution in [0.15, 0.2) is 4.52 Å². The van der Waals surface area contributed by atoms with Crippen LogP contribution >= 0.6 is 11.8 Å².